The highest BCUT2D eigenvalue weighted by atomic mass is 32.2. The standard InChI is InChI=1S/C11H17NS/c1-11(2,3)13-8-6-10-5-4-7-12-9-10/h4-5,7,9H,6,8H2,1-3H3. The van der Waals surface area contributed by atoms with Crippen LogP contribution in [0, 0.1) is 0 Å². The summed E-state index contributed by atoms with van der Waals surface area (Å²) in [5, 5.41) is 0. The molecule has 0 aliphatic rings. The molecule has 0 spiro atoms. The lowest BCUT2D eigenvalue weighted by Crippen LogP contribution is -2.09. The number of rotatable bonds is 3. The van der Waals surface area contributed by atoms with Crippen molar-refractivity contribution in [3.05, 3.63) is 30.1 Å². The zero-order valence-electron chi connectivity index (χ0n) is 8.58. The maximum atomic E-state index is 4.09. The van der Waals surface area contributed by atoms with E-state index in [2.05, 4.69) is 31.8 Å². The molecule has 72 valence electrons. The van der Waals surface area contributed by atoms with E-state index in [1.807, 2.05) is 30.2 Å². The van der Waals surface area contributed by atoms with Crippen LogP contribution in [0.4, 0.5) is 0 Å². The van der Waals surface area contributed by atoms with Gasteiger partial charge in [0.25, 0.3) is 0 Å². The fourth-order valence-electron chi connectivity index (χ4n) is 1.02. The van der Waals surface area contributed by atoms with Gasteiger partial charge in [0.05, 0.1) is 0 Å². The second-order valence-electron chi connectivity index (χ2n) is 4.07. The normalized spacial score (nSPS) is 11.6. The fraction of sp³-hybridized carbons (Fsp3) is 0.545. The number of pyridine rings is 1. The zero-order chi connectivity index (χ0) is 9.73. The van der Waals surface area contributed by atoms with Crippen molar-refractivity contribution in [3.8, 4) is 0 Å². The van der Waals surface area contributed by atoms with Gasteiger partial charge in [0.15, 0.2) is 0 Å². The average Bonchev–Trinajstić information content (AvgIpc) is 2.04. The summed E-state index contributed by atoms with van der Waals surface area (Å²) in [6, 6.07) is 4.13. The minimum atomic E-state index is 0.377. The molecule has 0 saturated heterocycles. The van der Waals surface area contributed by atoms with Gasteiger partial charge in [-0.15, -0.1) is 0 Å². The van der Waals surface area contributed by atoms with Gasteiger partial charge in [0.1, 0.15) is 0 Å². The van der Waals surface area contributed by atoms with Gasteiger partial charge < -0.3 is 0 Å². The van der Waals surface area contributed by atoms with Crippen molar-refractivity contribution in [1.82, 2.24) is 4.98 Å². The van der Waals surface area contributed by atoms with Crippen LogP contribution in [0.2, 0.25) is 0 Å². The van der Waals surface area contributed by atoms with Crippen LogP contribution in [0.5, 0.6) is 0 Å². The maximum Gasteiger partial charge on any atom is 0.0300 e. The van der Waals surface area contributed by atoms with Gasteiger partial charge in [-0.2, -0.15) is 11.8 Å². The minimum absolute atomic E-state index is 0.377. The van der Waals surface area contributed by atoms with Gasteiger partial charge in [-0.25, -0.2) is 0 Å². The molecule has 1 aromatic heterocycles. The average molecular weight is 195 g/mol. The Kier molecular flexibility index (Phi) is 3.79. The lowest BCUT2D eigenvalue weighted by molar-refractivity contribution is 0.801. The van der Waals surface area contributed by atoms with Crippen LogP contribution < -0.4 is 0 Å². The van der Waals surface area contributed by atoms with Crippen LogP contribution in [0.3, 0.4) is 0 Å². The van der Waals surface area contributed by atoms with Crippen LogP contribution in [0.15, 0.2) is 24.5 Å². The Bertz CT molecular complexity index is 238. The van der Waals surface area contributed by atoms with E-state index in [0.29, 0.717) is 4.75 Å². The molecule has 1 heterocycles. The third-order valence-corrected chi connectivity index (χ3v) is 2.92. The second kappa shape index (κ2) is 4.66. The van der Waals surface area contributed by atoms with Crippen molar-refractivity contribution in [1.29, 1.82) is 0 Å². The van der Waals surface area contributed by atoms with E-state index < -0.39 is 0 Å². The van der Waals surface area contributed by atoms with Crippen LogP contribution >= 0.6 is 11.8 Å². The molecule has 0 aromatic carbocycles. The van der Waals surface area contributed by atoms with E-state index in [4.69, 9.17) is 0 Å². The van der Waals surface area contributed by atoms with Gasteiger partial charge in [-0.05, 0) is 23.8 Å². The van der Waals surface area contributed by atoms with Crippen LogP contribution in [-0.2, 0) is 6.42 Å². The largest absolute Gasteiger partial charge is 0.264 e. The number of hydrogen-bond donors (Lipinski definition) is 0. The summed E-state index contributed by atoms with van der Waals surface area (Å²) in [6.45, 7) is 6.75. The maximum absolute atomic E-state index is 4.09. The van der Waals surface area contributed by atoms with Crippen molar-refractivity contribution in [2.24, 2.45) is 0 Å². The van der Waals surface area contributed by atoms with Crippen molar-refractivity contribution in [2.75, 3.05) is 5.75 Å². The summed E-state index contributed by atoms with van der Waals surface area (Å²) in [4.78, 5) is 4.09. The summed E-state index contributed by atoms with van der Waals surface area (Å²) < 4.78 is 0.377. The van der Waals surface area contributed by atoms with Crippen LogP contribution in [-0.4, -0.2) is 15.5 Å². The number of hydrogen-bond acceptors (Lipinski definition) is 2. The van der Waals surface area contributed by atoms with E-state index in [-0.39, 0.29) is 0 Å². The predicted molar refractivity (Wildman–Crippen MR) is 60.2 cm³/mol. The highest BCUT2D eigenvalue weighted by Crippen LogP contribution is 2.23. The van der Waals surface area contributed by atoms with Gasteiger partial charge in [-0.3, -0.25) is 4.98 Å². The molecule has 0 bridgehead atoms. The van der Waals surface area contributed by atoms with Crippen molar-refractivity contribution < 1.29 is 0 Å². The summed E-state index contributed by atoms with van der Waals surface area (Å²) in [5.74, 6) is 1.18. The molecule has 0 saturated carbocycles. The first-order chi connectivity index (χ1) is 6.08. The summed E-state index contributed by atoms with van der Waals surface area (Å²) in [6.07, 6.45) is 4.89. The number of aromatic nitrogens is 1. The SMILES string of the molecule is CC(C)(C)SCCc1cccnc1. The number of thioether (sulfide) groups is 1. The topological polar surface area (TPSA) is 12.9 Å². The molecule has 0 N–H and O–H groups in total. The number of nitrogens with zero attached hydrogens (tertiary/aromatic N) is 1. The molecule has 0 unspecified atom stereocenters. The molecule has 0 fully saturated rings. The molecule has 0 aliphatic carbocycles. The van der Waals surface area contributed by atoms with Gasteiger partial charge in [0, 0.05) is 17.1 Å². The van der Waals surface area contributed by atoms with Gasteiger partial charge in [0.2, 0.25) is 0 Å². The van der Waals surface area contributed by atoms with Crippen molar-refractivity contribution in [3.63, 3.8) is 0 Å². The Hall–Kier alpha value is -0.500. The summed E-state index contributed by atoms with van der Waals surface area (Å²) in [5.41, 5.74) is 1.33. The summed E-state index contributed by atoms with van der Waals surface area (Å²) >= 11 is 2.00. The quantitative estimate of drug-likeness (QED) is 0.735. The van der Waals surface area contributed by atoms with Gasteiger partial charge >= 0.3 is 0 Å². The molecule has 2 heteroatoms. The molecule has 13 heavy (non-hydrogen) atoms. The van der Waals surface area contributed by atoms with Crippen molar-refractivity contribution >= 4 is 11.8 Å². The first kappa shape index (κ1) is 10.6. The molecule has 0 atom stereocenters. The predicted octanol–water partition coefficient (Wildman–Crippen LogP) is 3.16. The highest BCUT2D eigenvalue weighted by Gasteiger charge is 2.09. The van der Waals surface area contributed by atoms with Gasteiger partial charge in [-0.1, -0.05) is 26.8 Å². The number of aryl methyl sites for hydroxylation is 1. The molecule has 1 rings (SSSR count). The highest BCUT2D eigenvalue weighted by molar-refractivity contribution is 8.00. The molecule has 1 aromatic rings. The van der Waals surface area contributed by atoms with E-state index in [1.54, 1.807) is 0 Å². The van der Waals surface area contributed by atoms with E-state index in [1.165, 1.54) is 11.3 Å². The van der Waals surface area contributed by atoms with Crippen LogP contribution in [0.1, 0.15) is 26.3 Å². The smallest absolute Gasteiger partial charge is 0.0300 e. The fourth-order valence-corrected chi connectivity index (χ4v) is 1.97. The Morgan fingerprint density at radius 1 is 1.38 bits per heavy atom. The zero-order valence-corrected chi connectivity index (χ0v) is 9.40. The van der Waals surface area contributed by atoms with Crippen molar-refractivity contribution in [2.45, 2.75) is 31.9 Å². The Morgan fingerprint density at radius 3 is 2.69 bits per heavy atom. The molecule has 1 nitrogen and oxygen atoms in total. The third-order valence-electron chi connectivity index (χ3n) is 1.65. The second-order valence-corrected chi connectivity index (χ2v) is 5.99. The Balaban J connectivity index is 2.29. The van der Waals surface area contributed by atoms with E-state index in [0.717, 1.165) is 6.42 Å². The monoisotopic (exact) mass is 195 g/mol. The molecule has 0 amide bonds. The minimum Gasteiger partial charge on any atom is -0.264 e. The first-order valence-corrected chi connectivity index (χ1v) is 5.59. The molecular formula is C11H17NS. The third kappa shape index (κ3) is 4.94. The molecular weight excluding hydrogens is 178 g/mol. The van der Waals surface area contributed by atoms with E-state index in [9.17, 15) is 0 Å². The van der Waals surface area contributed by atoms with Crippen LogP contribution in [0.25, 0.3) is 0 Å². The Labute approximate surface area is 85.0 Å². The first-order valence-electron chi connectivity index (χ1n) is 4.61. The molecule has 0 aliphatic heterocycles. The van der Waals surface area contributed by atoms with E-state index >= 15 is 0 Å². The molecule has 0 radical (unpaired) electrons. The lowest BCUT2D eigenvalue weighted by atomic mass is 10.2. The summed E-state index contributed by atoms with van der Waals surface area (Å²) in [7, 11) is 0. The Morgan fingerprint density at radius 2 is 2.15 bits per heavy atom. The lowest BCUT2D eigenvalue weighted by Gasteiger charge is -2.17.